The molecule has 1 N–H and O–H groups in total. The number of fused-ring (bicyclic) bond motifs is 1. The highest BCUT2D eigenvalue weighted by Crippen LogP contribution is 2.26. The molecule has 0 aliphatic carbocycles. The number of rotatable bonds is 3. The average Bonchev–Trinajstić information content (AvgIpc) is 3.09. The summed E-state index contributed by atoms with van der Waals surface area (Å²) < 4.78 is 18.8. The highest BCUT2D eigenvalue weighted by atomic mass is 35.5. The van der Waals surface area contributed by atoms with E-state index in [0.717, 1.165) is 16.6 Å². The topological polar surface area (TPSA) is 71.3 Å². The van der Waals surface area contributed by atoms with Crippen molar-refractivity contribution in [2.75, 3.05) is 19.6 Å². The van der Waals surface area contributed by atoms with Crippen LogP contribution in [0.2, 0.25) is 0 Å². The lowest BCUT2D eigenvalue weighted by Crippen LogP contribution is -2.48. The number of piperazine rings is 1. The van der Waals surface area contributed by atoms with Crippen molar-refractivity contribution in [1.29, 1.82) is 0 Å². The number of hydrogen-bond donors (Lipinski definition) is 1. The Hall–Kier alpha value is -2.51. The van der Waals surface area contributed by atoms with Crippen molar-refractivity contribution in [2.24, 2.45) is 0 Å². The van der Waals surface area contributed by atoms with E-state index < -0.39 is 0 Å². The van der Waals surface area contributed by atoms with E-state index >= 15 is 0 Å². The minimum absolute atomic E-state index is 0. The molecule has 1 unspecified atom stereocenters. The fourth-order valence-corrected chi connectivity index (χ4v) is 3.38. The first-order valence-corrected chi connectivity index (χ1v) is 8.69. The maximum atomic E-state index is 13.6. The first kappa shape index (κ1) is 19.3. The molecule has 8 heteroatoms. The molecule has 0 bridgehead atoms. The van der Waals surface area contributed by atoms with Crippen LogP contribution in [0.3, 0.4) is 0 Å². The number of nitrogens with zero attached hydrogens (tertiary/aromatic N) is 3. The van der Waals surface area contributed by atoms with Crippen molar-refractivity contribution in [3.05, 3.63) is 59.2 Å². The second kappa shape index (κ2) is 8.02. The largest absolute Gasteiger partial charge is 0.336 e. The van der Waals surface area contributed by atoms with E-state index in [2.05, 4.69) is 15.5 Å². The van der Waals surface area contributed by atoms with Crippen molar-refractivity contribution >= 4 is 29.4 Å². The molecule has 1 saturated heterocycles. The lowest BCUT2D eigenvalue weighted by Gasteiger charge is -2.36. The van der Waals surface area contributed by atoms with E-state index in [0.29, 0.717) is 37.3 Å². The second-order valence-corrected chi connectivity index (χ2v) is 6.33. The van der Waals surface area contributed by atoms with Crippen LogP contribution in [0.5, 0.6) is 0 Å². The molecule has 1 aliphatic rings. The molecule has 2 aromatic heterocycles. The monoisotopic (exact) mass is 390 g/mol. The van der Waals surface area contributed by atoms with Gasteiger partial charge >= 0.3 is 0 Å². The highest BCUT2D eigenvalue weighted by molar-refractivity contribution is 5.97. The summed E-state index contributed by atoms with van der Waals surface area (Å²) >= 11 is 0. The van der Waals surface area contributed by atoms with Crippen LogP contribution in [0.4, 0.5) is 4.39 Å². The van der Waals surface area contributed by atoms with Gasteiger partial charge in [-0.05, 0) is 30.2 Å². The van der Waals surface area contributed by atoms with E-state index in [1.807, 2.05) is 13.0 Å². The van der Waals surface area contributed by atoms with Gasteiger partial charge in [0.25, 0.3) is 11.6 Å². The van der Waals surface area contributed by atoms with Crippen LogP contribution in [0, 0.1) is 5.82 Å². The SMILES string of the molecule is CCc1noc2ncc(C(=O)N3CCNCC3c3cccc(F)c3)cc12.Cl. The van der Waals surface area contributed by atoms with E-state index in [1.54, 1.807) is 17.0 Å². The van der Waals surface area contributed by atoms with Crippen molar-refractivity contribution in [2.45, 2.75) is 19.4 Å². The zero-order valence-electron chi connectivity index (χ0n) is 14.8. The number of aryl methyl sites for hydroxylation is 1. The van der Waals surface area contributed by atoms with Gasteiger partial charge in [-0.15, -0.1) is 12.4 Å². The predicted octanol–water partition coefficient (Wildman–Crippen LogP) is 3.13. The Morgan fingerprint density at radius 3 is 3.04 bits per heavy atom. The zero-order chi connectivity index (χ0) is 18.1. The summed E-state index contributed by atoms with van der Waals surface area (Å²) in [6, 6.07) is 7.95. The van der Waals surface area contributed by atoms with E-state index in [1.165, 1.54) is 18.3 Å². The molecule has 3 aromatic rings. The highest BCUT2D eigenvalue weighted by Gasteiger charge is 2.29. The predicted molar refractivity (Wildman–Crippen MR) is 101 cm³/mol. The van der Waals surface area contributed by atoms with Crippen molar-refractivity contribution < 1.29 is 13.7 Å². The van der Waals surface area contributed by atoms with Gasteiger partial charge in [0.1, 0.15) is 5.82 Å². The molecule has 1 aromatic carbocycles. The fraction of sp³-hybridized carbons (Fsp3) is 0.316. The van der Waals surface area contributed by atoms with Gasteiger partial charge in [-0.2, -0.15) is 0 Å². The summed E-state index contributed by atoms with van der Waals surface area (Å²) in [6.45, 7) is 3.80. The van der Waals surface area contributed by atoms with E-state index in [9.17, 15) is 9.18 Å². The first-order chi connectivity index (χ1) is 12.7. The summed E-state index contributed by atoms with van der Waals surface area (Å²) in [5.41, 5.74) is 2.47. The van der Waals surface area contributed by atoms with Gasteiger partial charge in [0.15, 0.2) is 0 Å². The Balaban J connectivity index is 0.00000210. The molecule has 27 heavy (non-hydrogen) atoms. The molecule has 1 amide bonds. The van der Waals surface area contributed by atoms with Gasteiger partial charge in [0.2, 0.25) is 0 Å². The molecular formula is C19H20ClFN4O2. The molecule has 142 valence electrons. The zero-order valence-corrected chi connectivity index (χ0v) is 15.6. The number of carbonyl (C=O) groups is 1. The molecule has 1 fully saturated rings. The van der Waals surface area contributed by atoms with Crippen LogP contribution < -0.4 is 5.32 Å². The third-order valence-electron chi connectivity index (χ3n) is 4.72. The number of amides is 1. The maximum absolute atomic E-state index is 13.6. The maximum Gasteiger partial charge on any atom is 0.257 e. The average molecular weight is 391 g/mol. The summed E-state index contributed by atoms with van der Waals surface area (Å²) in [5.74, 6) is -0.431. The number of carbonyl (C=O) groups excluding carboxylic acids is 1. The smallest absolute Gasteiger partial charge is 0.257 e. The quantitative estimate of drug-likeness (QED) is 0.744. The Morgan fingerprint density at radius 1 is 1.41 bits per heavy atom. The Kier molecular flexibility index (Phi) is 5.72. The molecule has 1 atom stereocenters. The van der Waals surface area contributed by atoms with Gasteiger partial charge in [-0.1, -0.05) is 24.2 Å². The third kappa shape index (κ3) is 3.65. The van der Waals surface area contributed by atoms with Gasteiger partial charge < -0.3 is 14.7 Å². The fourth-order valence-electron chi connectivity index (χ4n) is 3.38. The van der Waals surface area contributed by atoms with Crippen LogP contribution >= 0.6 is 12.4 Å². The summed E-state index contributed by atoms with van der Waals surface area (Å²) in [5, 5.41) is 8.02. The minimum atomic E-state index is -0.305. The number of hydrogen-bond acceptors (Lipinski definition) is 5. The van der Waals surface area contributed by atoms with Gasteiger partial charge in [-0.3, -0.25) is 4.79 Å². The molecule has 1 aliphatic heterocycles. The molecule has 0 radical (unpaired) electrons. The lowest BCUT2D eigenvalue weighted by atomic mass is 10.0. The number of pyridine rings is 1. The van der Waals surface area contributed by atoms with Crippen LogP contribution in [-0.4, -0.2) is 40.6 Å². The number of nitrogens with one attached hydrogen (secondary N) is 1. The van der Waals surface area contributed by atoms with Crippen molar-refractivity contribution in [3.8, 4) is 0 Å². The van der Waals surface area contributed by atoms with Crippen LogP contribution in [0.15, 0.2) is 41.1 Å². The van der Waals surface area contributed by atoms with Crippen molar-refractivity contribution in [1.82, 2.24) is 20.4 Å². The van der Waals surface area contributed by atoms with Crippen LogP contribution in [0.25, 0.3) is 11.1 Å². The lowest BCUT2D eigenvalue weighted by molar-refractivity contribution is 0.0633. The minimum Gasteiger partial charge on any atom is -0.336 e. The molecule has 6 nitrogen and oxygen atoms in total. The Bertz CT molecular complexity index is 962. The summed E-state index contributed by atoms with van der Waals surface area (Å²) in [4.78, 5) is 19.1. The summed E-state index contributed by atoms with van der Waals surface area (Å²) in [6.07, 6.45) is 2.21. The number of halogens is 2. The van der Waals surface area contributed by atoms with Gasteiger partial charge in [0.05, 0.1) is 22.7 Å². The van der Waals surface area contributed by atoms with Gasteiger partial charge in [0, 0.05) is 25.8 Å². The van der Waals surface area contributed by atoms with E-state index in [4.69, 9.17) is 4.52 Å². The summed E-state index contributed by atoms with van der Waals surface area (Å²) in [7, 11) is 0. The second-order valence-electron chi connectivity index (χ2n) is 6.33. The normalized spacial score (nSPS) is 17.0. The van der Waals surface area contributed by atoms with Crippen LogP contribution in [0.1, 0.15) is 34.6 Å². The molecule has 0 spiro atoms. The Labute approximate surface area is 162 Å². The standard InChI is InChI=1S/C19H19FN4O2.ClH/c1-2-16-15-9-13(10-22-18(15)26-23-16)19(25)24-7-6-21-11-17(24)12-4-3-5-14(20)8-12;/h3-5,8-10,17,21H,2,6-7,11H2,1H3;1H. The Morgan fingerprint density at radius 2 is 2.26 bits per heavy atom. The molecule has 3 heterocycles. The van der Waals surface area contributed by atoms with Gasteiger partial charge in [-0.25, -0.2) is 9.37 Å². The molecule has 4 rings (SSSR count). The number of aromatic nitrogens is 2. The first-order valence-electron chi connectivity index (χ1n) is 8.69. The van der Waals surface area contributed by atoms with E-state index in [-0.39, 0.29) is 30.2 Å². The van der Waals surface area contributed by atoms with Crippen molar-refractivity contribution in [3.63, 3.8) is 0 Å². The number of benzene rings is 1. The van der Waals surface area contributed by atoms with Crippen LogP contribution in [-0.2, 0) is 6.42 Å². The molecule has 0 saturated carbocycles. The third-order valence-corrected chi connectivity index (χ3v) is 4.72. The molecular weight excluding hydrogens is 371 g/mol.